The maximum Gasteiger partial charge on any atom is 0.179 e. The van der Waals surface area contributed by atoms with E-state index in [9.17, 15) is 0 Å². The molecule has 2 aromatic rings. The molecule has 0 atom stereocenters. The summed E-state index contributed by atoms with van der Waals surface area (Å²) in [5.74, 6) is 0.926. The van der Waals surface area contributed by atoms with E-state index in [-0.39, 0.29) is 0 Å². The van der Waals surface area contributed by atoms with Crippen molar-refractivity contribution in [3.05, 3.63) is 29.8 Å². The fourth-order valence-corrected chi connectivity index (χ4v) is 1.09. The Bertz CT molecular complexity index is 356. The molecule has 0 aliphatic carbocycles. The Morgan fingerprint density at radius 1 is 1.07 bits per heavy atom. The molecule has 0 aliphatic rings. The van der Waals surface area contributed by atoms with Crippen molar-refractivity contribution >= 4 is 28.1 Å². The summed E-state index contributed by atoms with van der Waals surface area (Å²) in [6.07, 6.45) is 1.68. The minimum absolute atomic E-state index is 0.463. The van der Waals surface area contributed by atoms with Gasteiger partial charge in [-0.15, -0.1) is 11.3 Å². The molecule has 5 nitrogen and oxygen atoms in total. The van der Waals surface area contributed by atoms with Crippen LogP contribution in [0.2, 0.25) is 0 Å². The number of thiazole rings is 1. The lowest BCUT2D eigenvalue weighted by molar-refractivity contribution is 1.34. The van der Waals surface area contributed by atoms with Crippen molar-refractivity contribution in [2.75, 3.05) is 17.2 Å². The minimum Gasteiger partial charge on any atom is -0.384 e. The van der Waals surface area contributed by atoms with Crippen LogP contribution in [0.3, 0.4) is 0 Å². The predicted molar refractivity (Wildman–Crippen MR) is 59.6 cm³/mol. The summed E-state index contributed by atoms with van der Waals surface area (Å²) in [6.45, 7) is 0. The summed E-state index contributed by atoms with van der Waals surface area (Å²) in [7, 11) is 0. The van der Waals surface area contributed by atoms with Crippen molar-refractivity contribution in [2.24, 2.45) is 0 Å². The summed E-state index contributed by atoms with van der Waals surface area (Å²) >= 11 is 1.44. The van der Waals surface area contributed by atoms with Crippen molar-refractivity contribution < 1.29 is 0 Å². The third kappa shape index (κ3) is 3.72. The van der Waals surface area contributed by atoms with Crippen molar-refractivity contribution in [1.29, 1.82) is 0 Å². The second-order valence-corrected chi connectivity index (χ2v) is 3.28. The fraction of sp³-hybridized carbons (Fsp3) is 0. The molecule has 0 spiro atoms. The molecule has 0 fully saturated rings. The molecule has 0 aliphatic heterocycles. The van der Waals surface area contributed by atoms with Crippen LogP contribution in [0.1, 0.15) is 0 Å². The summed E-state index contributed by atoms with van der Waals surface area (Å²) in [6, 6.07) is 5.14. The number of hydrogen-bond acceptors (Lipinski definition) is 6. The second kappa shape index (κ2) is 5.03. The Morgan fingerprint density at radius 2 is 1.71 bits per heavy atom. The molecule has 0 bridgehead atoms. The lowest BCUT2D eigenvalue weighted by atomic mass is 10.4. The van der Waals surface area contributed by atoms with Crippen molar-refractivity contribution in [3.8, 4) is 0 Å². The number of aromatic nitrogens is 2. The van der Waals surface area contributed by atoms with Gasteiger partial charge in [-0.25, -0.2) is 9.97 Å². The van der Waals surface area contributed by atoms with Crippen LogP contribution in [0.4, 0.5) is 16.8 Å². The van der Waals surface area contributed by atoms with E-state index in [2.05, 4.69) is 9.97 Å². The Kier molecular flexibility index (Phi) is 3.69. The Morgan fingerprint density at radius 3 is 1.93 bits per heavy atom. The third-order valence-electron chi connectivity index (χ3n) is 1.24. The van der Waals surface area contributed by atoms with Gasteiger partial charge < -0.3 is 17.2 Å². The third-order valence-corrected chi connectivity index (χ3v) is 1.85. The Labute approximate surface area is 85.6 Å². The minimum atomic E-state index is 0.463. The number of nitrogen functional groups attached to an aromatic ring is 3. The lowest BCUT2D eigenvalue weighted by Gasteiger charge is -1.90. The average molecular weight is 209 g/mol. The number of nitrogens with zero attached hydrogens (tertiary/aromatic N) is 2. The summed E-state index contributed by atoms with van der Waals surface area (Å²) in [5, 5.41) is 2.48. The van der Waals surface area contributed by atoms with E-state index in [1.807, 2.05) is 5.38 Å². The van der Waals surface area contributed by atoms with Crippen LogP contribution in [0.15, 0.2) is 29.8 Å². The Balaban J connectivity index is 0.000000146. The highest BCUT2D eigenvalue weighted by Crippen LogP contribution is 2.02. The zero-order chi connectivity index (χ0) is 10.4. The number of pyridine rings is 1. The van der Waals surface area contributed by atoms with E-state index in [1.165, 1.54) is 11.3 Å². The zero-order valence-electron chi connectivity index (χ0n) is 7.42. The lowest BCUT2D eigenvalue weighted by Crippen LogP contribution is -1.93. The topological polar surface area (TPSA) is 104 Å². The first-order valence-corrected chi connectivity index (χ1v) is 4.69. The number of hydrogen-bond donors (Lipinski definition) is 3. The van der Waals surface area contributed by atoms with Crippen LogP contribution in [0, 0.1) is 0 Å². The maximum absolute atomic E-state index is 5.27. The van der Waals surface area contributed by atoms with Crippen LogP contribution < -0.4 is 17.2 Å². The fourth-order valence-electron chi connectivity index (χ4n) is 0.703. The number of nitrogens with two attached hydrogens (primary N) is 3. The summed E-state index contributed by atoms with van der Waals surface area (Å²) < 4.78 is 0. The molecule has 0 unspecified atom stereocenters. The molecular formula is C8H11N5S. The van der Waals surface area contributed by atoms with E-state index in [1.54, 1.807) is 24.4 Å². The molecule has 0 amide bonds. The normalized spacial score (nSPS) is 8.86. The van der Waals surface area contributed by atoms with Gasteiger partial charge in [0.2, 0.25) is 0 Å². The molecular weight excluding hydrogens is 198 g/mol. The van der Waals surface area contributed by atoms with Gasteiger partial charge in [0.15, 0.2) is 5.13 Å². The quantitative estimate of drug-likeness (QED) is 0.599. The van der Waals surface area contributed by atoms with Gasteiger partial charge in [-0.3, -0.25) is 0 Å². The van der Waals surface area contributed by atoms with Crippen LogP contribution >= 0.6 is 11.3 Å². The second-order valence-electron chi connectivity index (χ2n) is 2.36. The van der Waals surface area contributed by atoms with E-state index < -0.39 is 0 Å². The molecule has 0 saturated heterocycles. The molecule has 0 saturated carbocycles. The van der Waals surface area contributed by atoms with Crippen molar-refractivity contribution in [2.45, 2.75) is 0 Å². The van der Waals surface area contributed by atoms with Crippen molar-refractivity contribution in [3.63, 3.8) is 0 Å². The molecule has 0 radical (unpaired) electrons. The largest absolute Gasteiger partial charge is 0.384 e. The standard InChI is InChI=1S/C5H7N3.C3H4N2S/c6-4-2-1-3-5(7)8-4;4-3-5-1-2-6-3/h1-3H,(H4,6,7,8);1-2H,(H2,4,5). The monoisotopic (exact) mass is 209 g/mol. The molecule has 14 heavy (non-hydrogen) atoms. The van der Waals surface area contributed by atoms with Gasteiger partial charge in [0.05, 0.1) is 0 Å². The molecule has 0 aromatic carbocycles. The molecule has 6 N–H and O–H groups in total. The SMILES string of the molecule is Nc1cccc(N)n1.Nc1nccs1. The Hall–Kier alpha value is -1.82. The van der Waals surface area contributed by atoms with Crippen molar-refractivity contribution in [1.82, 2.24) is 9.97 Å². The van der Waals surface area contributed by atoms with Crippen LogP contribution in [-0.4, -0.2) is 9.97 Å². The van der Waals surface area contributed by atoms with Crippen LogP contribution in [0.5, 0.6) is 0 Å². The van der Waals surface area contributed by atoms with E-state index >= 15 is 0 Å². The van der Waals surface area contributed by atoms with Crippen LogP contribution in [0.25, 0.3) is 0 Å². The maximum atomic E-state index is 5.27. The molecule has 74 valence electrons. The van der Waals surface area contributed by atoms with E-state index in [0.29, 0.717) is 16.8 Å². The van der Waals surface area contributed by atoms with E-state index in [0.717, 1.165) is 0 Å². The smallest absolute Gasteiger partial charge is 0.179 e. The highest BCUT2D eigenvalue weighted by molar-refractivity contribution is 7.13. The van der Waals surface area contributed by atoms with Gasteiger partial charge in [0.1, 0.15) is 11.6 Å². The van der Waals surface area contributed by atoms with E-state index in [4.69, 9.17) is 17.2 Å². The predicted octanol–water partition coefficient (Wildman–Crippen LogP) is 0.971. The molecule has 6 heteroatoms. The highest BCUT2D eigenvalue weighted by atomic mass is 32.1. The first-order valence-electron chi connectivity index (χ1n) is 3.81. The van der Waals surface area contributed by atoms with Gasteiger partial charge in [0.25, 0.3) is 0 Å². The van der Waals surface area contributed by atoms with Gasteiger partial charge >= 0.3 is 0 Å². The summed E-state index contributed by atoms with van der Waals surface area (Å²) in [5.41, 5.74) is 15.7. The first-order chi connectivity index (χ1) is 6.68. The van der Waals surface area contributed by atoms with Gasteiger partial charge in [0, 0.05) is 11.6 Å². The molecule has 2 rings (SSSR count). The molecule has 2 aromatic heterocycles. The van der Waals surface area contributed by atoms with Crippen LogP contribution in [-0.2, 0) is 0 Å². The summed E-state index contributed by atoms with van der Waals surface area (Å²) in [4.78, 5) is 7.44. The molecule has 2 heterocycles. The van der Waals surface area contributed by atoms with Gasteiger partial charge in [-0.2, -0.15) is 0 Å². The van der Waals surface area contributed by atoms with Gasteiger partial charge in [-0.05, 0) is 12.1 Å². The average Bonchev–Trinajstić information content (AvgIpc) is 2.56. The number of rotatable bonds is 0. The zero-order valence-corrected chi connectivity index (χ0v) is 8.24. The first kappa shape index (κ1) is 10.3. The highest BCUT2D eigenvalue weighted by Gasteiger charge is 1.83. The number of anilines is 3. The van der Waals surface area contributed by atoms with Gasteiger partial charge in [-0.1, -0.05) is 6.07 Å².